The van der Waals surface area contributed by atoms with Crippen LogP contribution in [0, 0.1) is 0 Å². The van der Waals surface area contributed by atoms with Crippen LogP contribution in [0.1, 0.15) is 73.1 Å². The summed E-state index contributed by atoms with van der Waals surface area (Å²) in [7, 11) is 0. The Morgan fingerprint density at radius 2 is 1.50 bits per heavy atom. The molecule has 134 valence electrons. The Morgan fingerprint density at radius 1 is 0.769 bits per heavy atom. The third kappa shape index (κ3) is 2.42. The lowest BCUT2D eigenvalue weighted by molar-refractivity contribution is 0.969. The summed E-state index contributed by atoms with van der Waals surface area (Å²) >= 11 is 0. The Bertz CT molecular complexity index is 922. The summed E-state index contributed by atoms with van der Waals surface area (Å²) in [5.41, 5.74) is 15.8. The van der Waals surface area contributed by atoms with E-state index in [2.05, 4.69) is 64.1 Å². The molecule has 0 heterocycles. The SMILES string of the molecule is CCc1cccc2c1-c1c(CC)c(CC)c(CC)c(C3=CC=CC3)c1C2. The fraction of sp³-hybridized carbons (Fsp3) is 0.385. The zero-order valence-electron chi connectivity index (χ0n) is 16.7. The van der Waals surface area contributed by atoms with Crippen LogP contribution < -0.4 is 0 Å². The molecule has 0 radical (unpaired) electrons. The molecule has 0 saturated carbocycles. The molecule has 0 spiro atoms. The average molecular weight is 343 g/mol. The van der Waals surface area contributed by atoms with Gasteiger partial charge in [-0.05, 0) is 94.2 Å². The van der Waals surface area contributed by atoms with Gasteiger partial charge >= 0.3 is 0 Å². The van der Waals surface area contributed by atoms with Crippen molar-refractivity contribution in [2.45, 2.75) is 66.2 Å². The predicted molar refractivity (Wildman–Crippen MR) is 114 cm³/mol. The maximum Gasteiger partial charge on any atom is -0.000709 e. The standard InChI is InChI=1S/C26H30/c1-5-17-14-11-15-19-16-23-25(18-12-9-10-13-18)21(7-3)20(6-2)22(8-4)26(23)24(17)19/h9-12,14-15H,5-8,13,16H2,1-4H3. The first-order valence-electron chi connectivity index (χ1n) is 10.4. The van der Waals surface area contributed by atoms with Gasteiger partial charge in [-0.15, -0.1) is 0 Å². The molecule has 0 N–H and O–H groups in total. The molecule has 0 nitrogen and oxygen atoms in total. The summed E-state index contributed by atoms with van der Waals surface area (Å²) in [4.78, 5) is 0. The second-order valence-corrected chi connectivity index (χ2v) is 7.53. The lowest BCUT2D eigenvalue weighted by atomic mass is 9.80. The van der Waals surface area contributed by atoms with Crippen LogP contribution in [0.4, 0.5) is 0 Å². The minimum absolute atomic E-state index is 1.09. The minimum Gasteiger partial charge on any atom is -0.0801 e. The molecule has 0 unspecified atom stereocenters. The molecule has 4 rings (SSSR count). The molecule has 0 amide bonds. The largest absolute Gasteiger partial charge is 0.0801 e. The van der Waals surface area contributed by atoms with E-state index in [0.717, 1.165) is 38.5 Å². The second-order valence-electron chi connectivity index (χ2n) is 7.53. The molecule has 2 aromatic carbocycles. The quantitative estimate of drug-likeness (QED) is 0.475. The van der Waals surface area contributed by atoms with Gasteiger partial charge in [0.25, 0.3) is 0 Å². The molecule has 2 aliphatic rings. The highest BCUT2D eigenvalue weighted by Gasteiger charge is 2.30. The lowest BCUT2D eigenvalue weighted by Crippen LogP contribution is -2.08. The fourth-order valence-corrected chi connectivity index (χ4v) is 5.29. The molecule has 0 atom stereocenters. The van der Waals surface area contributed by atoms with E-state index in [0.29, 0.717) is 0 Å². The monoisotopic (exact) mass is 342 g/mol. The van der Waals surface area contributed by atoms with Crippen molar-refractivity contribution in [3.05, 3.63) is 75.4 Å². The van der Waals surface area contributed by atoms with Gasteiger partial charge in [-0.3, -0.25) is 0 Å². The zero-order chi connectivity index (χ0) is 18.3. The van der Waals surface area contributed by atoms with Crippen LogP contribution in [0.15, 0.2) is 36.4 Å². The minimum atomic E-state index is 1.09. The molecule has 0 heteroatoms. The van der Waals surface area contributed by atoms with E-state index < -0.39 is 0 Å². The first-order valence-corrected chi connectivity index (χ1v) is 10.4. The van der Waals surface area contributed by atoms with Gasteiger partial charge < -0.3 is 0 Å². The molecular weight excluding hydrogens is 312 g/mol. The van der Waals surface area contributed by atoms with E-state index in [-0.39, 0.29) is 0 Å². The molecule has 0 bridgehead atoms. The van der Waals surface area contributed by atoms with Crippen LogP contribution in [0.2, 0.25) is 0 Å². The Balaban J connectivity index is 2.11. The van der Waals surface area contributed by atoms with E-state index in [4.69, 9.17) is 0 Å². The van der Waals surface area contributed by atoms with Crippen molar-refractivity contribution < 1.29 is 0 Å². The number of rotatable bonds is 5. The Kier molecular flexibility index (Phi) is 4.61. The molecular formula is C26H30. The van der Waals surface area contributed by atoms with Gasteiger partial charge in [0.15, 0.2) is 0 Å². The summed E-state index contributed by atoms with van der Waals surface area (Å²) in [6.07, 6.45) is 13.6. The fourth-order valence-electron chi connectivity index (χ4n) is 5.29. The van der Waals surface area contributed by atoms with E-state index in [1.54, 1.807) is 38.9 Å². The van der Waals surface area contributed by atoms with Crippen molar-refractivity contribution in [2.24, 2.45) is 0 Å². The van der Waals surface area contributed by atoms with E-state index in [1.165, 1.54) is 16.7 Å². The third-order valence-electron chi connectivity index (χ3n) is 6.32. The van der Waals surface area contributed by atoms with Gasteiger partial charge in [0, 0.05) is 0 Å². The Labute approximate surface area is 158 Å². The van der Waals surface area contributed by atoms with Crippen LogP contribution in [0.3, 0.4) is 0 Å². The highest BCUT2D eigenvalue weighted by molar-refractivity contribution is 5.90. The molecule has 0 aliphatic heterocycles. The second kappa shape index (κ2) is 6.91. The van der Waals surface area contributed by atoms with Crippen LogP contribution in [-0.2, 0) is 32.1 Å². The maximum atomic E-state index is 2.36. The van der Waals surface area contributed by atoms with E-state index in [1.807, 2.05) is 0 Å². The van der Waals surface area contributed by atoms with Crippen LogP contribution in [-0.4, -0.2) is 0 Å². The maximum absolute atomic E-state index is 2.36. The van der Waals surface area contributed by atoms with Crippen LogP contribution in [0.25, 0.3) is 16.7 Å². The van der Waals surface area contributed by atoms with Crippen molar-refractivity contribution in [1.29, 1.82) is 0 Å². The Hall–Kier alpha value is -2.08. The Morgan fingerprint density at radius 3 is 2.12 bits per heavy atom. The summed E-state index contributed by atoms with van der Waals surface area (Å²) in [5, 5.41) is 0. The van der Waals surface area contributed by atoms with Crippen molar-refractivity contribution in [3.63, 3.8) is 0 Å². The molecule has 0 aromatic heterocycles. The van der Waals surface area contributed by atoms with Crippen LogP contribution in [0.5, 0.6) is 0 Å². The highest BCUT2D eigenvalue weighted by atomic mass is 14.3. The van der Waals surface area contributed by atoms with E-state index >= 15 is 0 Å². The zero-order valence-corrected chi connectivity index (χ0v) is 16.7. The smallest absolute Gasteiger partial charge is 0.000709 e. The van der Waals surface area contributed by atoms with Gasteiger partial charge in [0.1, 0.15) is 0 Å². The topological polar surface area (TPSA) is 0 Å². The molecule has 2 aromatic rings. The van der Waals surface area contributed by atoms with Gasteiger partial charge in [0.05, 0.1) is 0 Å². The van der Waals surface area contributed by atoms with Gasteiger partial charge in [-0.1, -0.05) is 64.1 Å². The molecule has 26 heavy (non-hydrogen) atoms. The van der Waals surface area contributed by atoms with Gasteiger partial charge in [-0.2, -0.15) is 0 Å². The van der Waals surface area contributed by atoms with Crippen LogP contribution >= 0.6 is 0 Å². The summed E-state index contributed by atoms with van der Waals surface area (Å²) in [6, 6.07) is 6.95. The predicted octanol–water partition coefficient (Wildman–Crippen LogP) is 6.85. The first-order chi connectivity index (χ1) is 12.7. The van der Waals surface area contributed by atoms with Crippen molar-refractivity contribution >= 4 is 5.57 Å². The summed E-state index contributed by atoms with van der Waals surface area (Å²) in [5.74, 6) is 0. The van der Waals surface area contributed by atoms with Gasteiger partial charge in [-0.25, -0.2) is 0 Å². The highest BCUT2D eigenvalue weighted by Crippen LogP contribution is 2.48. The number of aryl methyl sites for hydroxylation is 1. The number of allylic oxidation sites excluding steroid dienone is 4. The third-order valence-corrected chi connectivity index (χ3v) is 6.32. The lowest BCUT2D eigenvalue weighted by Gasteiger charge is -2.24. The summed E-state index contributed by atoms with van der Waals surface area (Å²) < 4.78 is 0. The number of hydrogen-bond donors (Lipinski definition) is 0. The van der Waals surface area contributed by atoms with E-state index in [9.17, 15) is 0 Å². The number of fused-ring (bicyclic) bond motifs is 3. The number of benzene rings is 2. The number of hydrogen-bond acceptors (Lipinski definition) is 0. The molecule has 0 saturated heterocycles. The van der Waals surface area contributed by atoms with Crippen molar-refractivity contribution in [1.82, 2.24) is 0 Å². The molecule has 2 aliphatic carbocycles. The van der Waals surface area contributed by atoms with Gasteiger partial charge in [0.2, 0.25) is 0 Å². The normalized spacial score (nSPS) is 14.5. The molecule has 0 fully saturated rings. The van der Waals surface area contributed by atoms with Crippen molar-refractivity contribution in [2.75, 3.05) is 0 Å². The van der Waals surface area contributed by atoms with Crippen molar-refractivity contribution in [3.8, 4) is 11.1 Å². The summed E-state index contributed by atoms with van der Waals surface area (Å²) in [6.45, 7) is 9.32. The first kappa shape index (κ1) is 17.3. The average Bonchev–Trinajstić information content (AvgIpc) is 3.33.